The molecule has 1 fully saturated rings. The molecule has 4 nitrogen and oxygen atoms in total. The number of carbonyl (C=O) groups excluding carboxylic acids is 2. The van der Waals surface area contributed by atoms with E-state index >= 15 is 0 Å². The largest absolute Gasteiger partial charge is 0.350 e. The van der Waals surface area contributed by atoms with Gasteiger partial charge in [0.05, 0.1) is 0 Å². The molecule has 1 aliphatic carbocycles. The van der Waals surface area contributed by atoms with E-state index in [1.165, 1.54) is 31.7 Å². The number of aromatic nitrogens is 1. The molecule has 1 heterocycles. The highest BCUT2D eigenvalue weighted by atomic mass is 16.2. The minimum Gasteiger partial charge on any atom is -0.350 e. The van der Waals surface area contributed by atoms with Gasteiger partial charge in [0, 0.05) is 30.8 Å². The topological polar surface area (TPSA) is 51.1 Å². The average Bonchev–Trinajstić information content (AvgIpc) is 3.03. The lowest BCUT2D eigenvalue weighted by Crippen LogP contribution is -2.42. The van der Waals surface area contributed by atoms with E-state index in [1.54, 1.807) is 23.9 Å². The fourth-order valence-electron chi connectivity index (χ4n) is 3.91. The average molecular weight is 338 g/mol. The molecular formula is C21H26N2O2. The molecule has 0 unspecified atom stereocenters. The Balaban J connectivity index is 1.77. The third kappa shape index (κ3) is 3.68. The van der Waals surface area contributed by atoms with Gasteiger partial charge in [-0.3, -0.25) is 9.59 Å². The molecule has 132 valence electrons. The van der Waals surface area contributed by atoms with Gasteiger partial charge < -0.3 is 9.88 Å². The summed E-state index contributed by atoms with van der Waals surface area (Å²) in [4.78, 5) is 24.2. The van der Waals surface area contributed by atoms with Crippen molar-refractivity contribution in [3.8, 4) is 0 Å². The maximum absolute atomic E-state index is 12.7. The van der Waals surface area contributed by atoms with E-state index in [9.17, 15) is 9.59 Å². The lowest BCUT2D eigenvalue weighted by molar-refractivity contribution is 0.0928. The van der Waals surface area contributed by atoms with Crippen LogP contribution in [0.25, 0.3) is 0 Å². The second-order valence-electron chi connectivity index (χ2n) is 7.17. The quantitative estimate of drug-likeness (QED) is 0.842. The minimum atomic E-state index is -0.115. The van der Waals surface area contributed by atoms with E-state index in [2.05, 4.69) is 29.6 Å². The smallest absolute Gasteiger partial charge is 0.267 e. The number of Topliss-reactive ketones (excluding diaryl/α,β-unsaturated/α-hetero) is 1. The van der Waals surface area contributed by atoms with Crippen molar-refractivity contribution < 1.29 is 9.59 Å². The molecular weight excluding hydrogens is 312 g/mol. The van der Waals surface area contributed by atoms with Gasteiger partial charge in [0.25, 0.3) is 5.91 Å². The zero-order chi connectivity index (χ0) is 17.9. The standard InChI is InChI=1S/C21H26N2O2/c1-16(24)17-13-19(23(2)14-17)20(25)22-15-21(11-7-4-8-12-21)18-9-5-3-6-10-18/h3,5-6,9-10,13-14H,4,7-8,11-12,15H2,1-2H3,(H,22,25). The number of ketones is 1. The number of nitrogens with one attached hydrogen (secondary N) is 1. The van der Waals surface area contributed by atoms with Crippen LogP contribution in [0.4, 0.5) is 0 Å². The summed E-state index contributed by atoms with van der Waals surface area (Å²) in [5, 5.41) is 3.13. The Kier molecular flexibility index (Phi) is 5.07. The van der Waals surface area contributed by atoms with E-state index < -0.39 is 0 Å². The highest BCUT2D eigenvalue weighted by molar-refractivity contribution is 5.99. The van der Waals surface area contributed by atoms with Gasteiger partial charge in [-0.05, 0) is 31.4 Å². The fourth-order valence-corrected chi connectivity index (χ4v) is 3.91. The van der Waals surface area contributed by atoms with Crippen LogP contribution in [0.15, 0.2) is 42.6 Å². The van der Waals surface area contributed by atoms with Crippen molar-refractivity contribution in [2.75, 3.05) is 6.54 Å². The van der Waals surface area contributed by atoms with Gasteiger partial charge in [0.1, 0.15) is 5.69 Å². The van der Waals surface area contributed by atoms with Crippen molar-refractivity contribution in [1.29, 1.82) is 0 Å². The maximum atomic E-state index is 12.7. The van der Waals surface area contributed by atoms with Crippen molar-refractivity contribution in [2.45, 2.75) is 44.4 Å². The minimum absolute atomic E-state index is 0.0176. The number of carbonyl (C=O) groups is 2. The van der Waals surface area contributed by atoms with Crippen molar-refractivity contribution in [1.82, 2.24) is 9.88 Å². The molecule has 0 spiro atoms. The monoisotopic (exact) mass is 338 g/mol. The zero-order valence-electron chi connectivity index (χ0n) is 15.0. The Morgan fingerprint density at radius 3 is 2.40 bits per heavy atom. The Bertz CT molecular complexity index is 755. The van der Waals surface area contributed by atoms with Crippen molar-refractivity contribution in [3.05, 3.63) is 59.4 Å². The first kappa shape index (κ1) is 17.5. The highest BCUT2D eigenvalue weighted by Crippen LogP contribution is 2.38. The third-order valence-corrected chi connectivity index (χ3v) is 5.43. The van der Waals surface area contributed by atoms with Crippen molar-refractivity contribution in [2.24, 2.45) is 7.05 Å². The number of hydrogen-bond acceptors (Lipinski definition) is 2. The van der Waals surface area contributed by atoms with Crippen LogP contribution < -0.4 is 5.32 Å². The summed E-state index contributed by atoms with van der Waals surface area (Å²) in [6, 6.07) is 12.2. The van der Waals surface area contributed by atoms with Gasteiger partial charge >= 0.3 is 0 Å². The predicted octanol–water partition coefficient (Wildman–Crippen LogP) is 3.86. The fraction of sp³-hybridized carbons (Fsp3) is 0.429. The van der Waals surface area contributed by atoms with Gasteiger partial charge in [0.15, 0.2) is 5.78 Å². The summed E-state index contributed by atoms with van der Waals surface area (Å²) in [6.45, 7) is 2.15. The second kappa shape index (κ2) is 7.26. The number of hydrogen-bond donors (Lipinski definition) is 1. The zero-order valence-corrected chi connectivity index (χ0v) is 15.0. The van der Waals surface area contributed by atoms with Crippen LogP contribution in [0.5, 0.6) is 0 Å². The van der Waals surface area contributed by atoms with E-state index in [1.807, 2.05) is 6.07 Å². The van der Waals surface area contributed by atoms with E-state index in [0.29, 0.717) is 17.8 Å². The molecule has 1 saturated carbocycles. The van der Waals surface area contributed by atoms with Crippen LogP contribution in [0, 0.1) is 0 Å². The van der Waals surface area contributed by atoms with Crippen LogP contribution in [0.2, 0.25) is 0 Å². The lowest BCUT2D eigenvalue weighted by Gasteiger charge is -2.38. The normalized spacial score (nSPS) is 16.4. The summed E-state index contributed by atoms with van der Waals surface area (Å²) in [6.07, 6.45) is 7.58. The van der Waals surface area contributed by atoms with Crippen LogP contribution in [0.3, 0.4) is 0 Å². The molecule has 3 rings (SSSR count). The van der Waals surface area contributed by atoms with Gasteiger partial charge in [0.2, 0.25) is 0 Å². The van der Waals surface area contributed by atoms with Crippen molar-refractivity contribution >= 4 is 11.7 Å². The first-order chi connectivity index (χ1) is 12.0. The number of benzene rings is 1. The molecule has 0 saturated heterocycles. The van der Waals surface area contributed by atoms with Crippen molar-refractivity contribution in [3.63, 3.8) is 0 Å². The molecule has 1 amide bonds. The molecule has 1 aromatic heterocycles. The Morgan fingerprint density at radius 2 is 1.80 bits per heavy atom. The van der Waals surface area contributed by atoms with Crippen LogP contribution >= 0.6 is 0 Å². The molecule has 0 atom stereocenters. The van der Waals surface area contributed by atoms with E-state index in [-0.39, 0.29) is 17.1 Å². The van der Waals surface area contributed by atoms with Crippen LogP contribution in [-0.4, -0.2) is 22.8 Å². The molecule has 2 aromatic rings. The summed E-state index contributed by atoms with van der Waals surface area (Å²) in [7, 11) is 1.80. The first-order valence-electron chi connectivity index (χ1n) is 9.03. The summed E-state index contributed by atoms with van der Waals surface area (Å²) in [5.74, 6) is -0.140. The van der Waals surface area contributed by atoms with Gasteiger partial charge in [-0.1, -0.05) is 49.6 Å². The second-order valence-corrected chi connectivity index (χ2v) is 7.17. The van der Waals surface area contributed by atoms with Gasteiger partial charge in [-0.15, -0.1) is 0 Å². The highest BCUT2D eigenvalue weighted by Gasteiger charge is 2.34. The number of aryl methyl sites for hydroxylation is 1. The van der Waals surface area contributed by atoms with Crippen LogP contribution in [-0.2, 0) is 12.5 Å². The Hall–Kier alpha value is -2.36. The molecule has 25 heavy (non-hydrogen) atoms. The molecule has 1 aliphatic rings. The summed E-state index contributed by atoms with van der Waals surface area (Å²) >= 11 is 0. The molecule has 4 heteroatoms. The van der Waals surface area contributed by atoms with Crippen LogP contribution in [0.1, 0.15) is 65.4 Å². The summed E-state index contributed by atoms with van der Waals surface area (Å²) < 4.78 is 1.72. The molecule has 0 aliphatic heterocycles. The number of amides is 1. The lowest BCUT2D eigenvalue weighted by atomic mass is 9.69. The summed E-state index contributed by atoms with van der Waals surface area (Å²) in [5.41, 5.74) is 2.43. The Labute approximate surface area is 149 Å². The number of nitrogens with zero attached hydrogens (tertiary/aromatic N) is 1. The van der Waals surface area contributed by atoms with E-state index in [0.717, 1.165) is 12.8 Å². The van der Waals surface area contributed by atoms with E-state index in [4.69, 9.17) is 0 Å². The first-order valence-corrected chi connectivity index (χ1v) is 9.03. The van der Waals surface area contributed by atoms with Gasteiger partial charge in [-0.2, -0.15) is 0 Å². The molecule has 0 bridgehead atoms. The predicted molar refractivity (Wildman–Crippen MR) is 99.0 cm³/mol. The van der Waals surface area contributed by atoms with Gasteiger partial charge in [-0.25, -0.2) is 0 Å². The molecule has 0 radical (unpaired) electrons. The number of rotatable bonds is 5. The third-order valence-electron chi connectivity index (χ3n) is 5.43. The Morgan fingerprint density at radius 1 is 1.12 bits per heavy atom. The molecule has 1 N–H and O–H groups in total. The SMILES string of the molecule is CC(=O)c1cc(C(=O)NCC2(c3ccccc3)CCCCC2)n(C)c1. The molecule has 1 aromatic carbocycles. The maximum Gasteiger partial charge on any atom is 0.267 e.